The maximum Gasteiger partial charge on any atom is 0.244 e. The minimum atomic E-state index is -0.811. The van der Waals surface area contributed by atoms with Crippen molar-refractivity contribution in [3.63, 3.8) is 0 Å². The third-order valence-electron chi connectivity index (χ3n) is 2.85. The van der Waals surface area contributed by atoms with Crippen LogP contribution in [0.1, 0.15) is 32.4 Å². The van der Waals surface area contributed by atoms with E-state index in [9.17, 15) is 9.90 Å². The van der Waals surface area contributed by atoms with Crippen molar-refractivity contribution in [3.05, 3.63) is 30.2 Å². The average molecular weight is 237 g/mol. The molecule has 4 heteroatoms. The smallest absolute Gasteiger partial charge is 0.244 e. The van der Waals surface area contributed by atoms with E-state index in [1.165, 1.54) is 6.08 Å². The normalized spacial score (nSPS) is 11.9. The van der Waals surface area contributed by atoms with Gasteiger partial charge in [0.1, 0.15) is 5.76 Å². The van der Waals surface area contributed by atoms with E-state index in [4.69, 9.17) is 4.42 Å². The van der Waals surface area contributed by atoms with Crippen LogP contribution >= 0.6 is 0 Å². The zero-order chi connectivity index (χ0) is 12.7. The number of hydrogen-bond acceptors (Lipinski definition) is 3. The first-order valence-electron chi connectivity index (χ1n) is 5.81. The van der Waals surface area contributed by atoms with Gasteiger partial charge in [-0.1, -0.05) is 13.8 Å². The van der Waals surface area contributed by atoms with Crippen molar-refractivity contribution >= 4 is 12.0 Å². The molecule has 0 unspecified atom stereocenters. The predicted octanol–water partition coefficient (Wildman–Crippen LogP) is 1.96. The second-order valence-electron chi connectivity index (χ2n) is 4.00. The van der Waals surface area contributed by atoms with E-state index < -0.39 is 5.60 Å². The highest BCUT2D eigenvalue weighted by Crippen LogP contribution is 2.12. The second-order valence-corrected chi connectivity index (χ2v) is 4.00. The number of rotatable bonds is 6. The molecule has 0 spiro atoms. The molecule has 94 valence electrons. The number of carbonyl (C=O) groups is 1. The quantitative estimate of drug-likeness (QED) is 0.743. The highest BCUT2D eigenvalue weighted by Gasteiger charge is 2.22. The van der Waals surface area contributed by atoms with Gasteiger partial charge in [0.25, 0.3) is 0 Å². The van der Waals surface area contributed by atoms with Gasteiger partial charge in [-0.15, -0.1) is 0 Å². The lowest BCUT2D eigenvalue weighted by molar-refractivity contribution is -0.117. The van der Waals surface area contributed by atoms with E-state index in [2.05, 4.69) is 5.32 Å². The minimum Gasteiger partial charge on any atom is -0.465 e. The molecule has 0 bridgehead atoms. The van der Waals surface area contributed by atoms with Crippen LogP contribution < -0.4 is 5.32 Å². The van der Waals surface area contributed by atoms with E-state index in [1.54, 1.807) is 24.5 Å². The monoisotopic (exact) mass is 237 g/mol. The zero-order valence-electron chi connectivity index (χ0n) is 10.3. The van der Waals surface area contributed by atoms with Crippen LogP contribution in [0, 0.1) is 0 Å². The second kappa shape index (κ2) is 6.25. The van der Waals surface area contributed by atoms with Crippen molar-refractivity contribution in [2.75, 3.05) is 6.54 Å². The van der Waals surface area contributed by atoms with Gasteiger partial charge in [0.15, 0.2) is 0 Å². The Kier molecular flexibility index (Phi) is 4.97. The van der Waals surface area contributed by atoms with Crippen molar-refractivity contribution < 1.29 is 14.3 Å². The van der Waals surface area contributed by atoms with Gasteiger partial charge in [0.2, 0.25) is 5.91 Å². The Balaban J connectivity index is 2.40. The van der Waals surface area contributed by atoms with E-state index >= 15 is 0 Å². The summed E-state index contributed by atoms with van der Waals surface area (Å²) in [6.45, 7) is 4.06. The van der Waals surface area contributed by atoms with Crippen molar-refractivity contribution in [3.8, 4) is 0 Å². The summed E-state index contributed by atoms with van der Waals surface area (Å²) in [6, 6.07) is 3.52. The lowest BCUT2D eigenvalue weighted by Crippen LogP contribution is -2.41. The fourth-order valence-corrected chi connectivity index (χ4v) is 1.35. The first kappa shape index (κ1) is 13.5. The van der Waals surface area contributed by atoms with Gasteiger partial charge in [0, 0.05) is 12.6 Å². The minimum absolute atomic E-state index is 0.235. The summed E-state index contributed by atoms with van der Waals surface area (Å²) >= 11 is 0. The molecule has 0 radical (unpaired) electrons. The number of aliphatic hydroxyl groups is 1. The van der Waals surface area contributed by atoms with E-state index in [1.807, 2.05) is 13.8 Å². The van der Waals surface area contributed by atoms with Crippen LogP contribution in [-0.2, 0) is 4.79 Å². The number of carbonyl (C=O) groups excluding carboxylic acids is 1. The molecular weight excluding hydrogens is 218 g/mol. The largest absolute Gasteiger partial charge is 0.465 e. The van der Waals surface area contributed by atoms with Gasteiger partial charge in [-0.3, -0.25) is 4.79 Å². The van der Waals surface area contributed by atoms with Crippen LogP contribution in [0.15, 0.2) is 28.9 Å². The summed E-state index contributed by atoms with van der Waals surface area (Å²) < 4.78 is 5.06. The maximum absolute atomic E-state index is 11.5. The molecule has 0 aromatic carbocycles. The van der Waals surface area contributed by atoms with E-state index in [0.717, 1.165) is 0 Å². The highest BCUT2D eigenvalue weighted by molar-refractivity contribution is 5.91. The Morgan fingerprint density at radius 3 is 2.76 bits per heavy atom. The lowest BCUT2D eigenvalue weighted by Gasteiger charge is -2.24. The number of hydrogen-bond donors (Lipinski definition) is 2. The Labute approximate surface area is 101 Å². The third kappa shape index (κ3) is 4.44. The molecule has 0 aliphatic carbocycles. The number of amides is 1. The molecule has 17 heavy (non-hydrogen) atoms. The van der Waals surface area contributed by atoms with Gasteiger partial charge in [-0.25, -0.2) is 0 Å². The first-order chi connectivity index (χ1) is 8.09. The Bertz CT molecular complexity index is 364. The van der Waals surface area contributed by atoms with Crippen LogP contribution in [0.3, 0.4) is 0 Å². The summed E-state index contributed by atoms with van der Waals surface area (Å²) in [7, 11) is 0. The predicted molar refractivity (Wildman–Crippen MR) is 66.3 cm³/mol. The first-order valence-corrected chi connectivity index (χ1v) is 5.81. The molecule has 1 rings (SSSR count). The van der Waals surface area contributed by atoms with Crippen molar-refractivity contribution in [2.24, 2.45) is 0 Å². The Morgan fingerprint density at radius 2 is 2.24 bits per heavy atom. The van der Waals surface area contributed by atoms with Gasteiger partial charge in [0.05, 0.1) is 11.9 Å². The molecule has 0 saturated heterocycles. The summed E-state index contributed by atoms with van der Waals surface area (Å²) in [5.74, 6) is 0.392. The fourth-order valence-electron chi connectivity index (χ4n) is 1.35. The van der Waals surface area contributed by atoms with Gasteiger partial charge in [-0.2, -0.15) is 0 Å². The maximum atomic E-state index is 11.5. The van der Waals surface area contributed by atoms with Crippen LogP contribution in [0.5, 0.6) is 0 Å². The molecule has 0 saturated carbocycles. The summed E-state index contributed by atoms with van der Waals surface area (Å²) in [6.07, 6.45) is 5.76. The van der Waals surface area contributed by atoms with Crippen molar-refractivity contribution in [1.29, 1.82) is 0 Å². The van der Waals surface area contributed by atoms with Crippen LogP contribution in [0.4, 0.5) is 0 Å². The van der Waals surface area contributed by atoms with Gasteiger partial charge >= 0.3 is 0 Å². The summed E-state index contributed by atoms with van der Waals surface area (Å²) in [5, 5.41) is 12.6. The molecule has 0 fully saturated rings. The summed E-state index contributed by atoms with van der Waals surface area (Å²) in [4.78, 5) is 11.5. The SMILES string of the molecule is CCC(O)(CC)CNC(=O)C=Cc1ccco1. The Morgan fingerprint density at radius 1 is 1.53 bits per heavy atom. The molecule has 4 nitrogen and oxygen atoms in total. The molecule has 2 N–H and O–H groups in total. The number of nitrogens with one attached hydrogen (secondary N) is 1. The molecule has 0 atom stereocenters. The highest BCUT2D eigenvalue weighted by atomic mass is 16.3. The van der Waals surface area contributed by atoms with E-state index in [0.29, 0.717) is 18.6 Å². The lowest BCUT2D eigenvalue weighted by atomic mass is 9.98. The third-order valence-corrected chi connectivity index (χ3v) is 2.85. The van der Waals surface area contributed by atoms with E-state index in [-0.39, 0.29) is 12.5 Å². The molecule has 0 aliphatic heterocycles. The topological polar surface area (TPSA) is 62.5 Å². The zero-order valence-corrected chi connectivity index (χ0v) is 10.3. The molecule has 1 heterocycles. The Hall–Kier alpha value is -1.55. The standard InChI is InChI=1S/C13H19NO3/c1-3-13(16,4-2)10-14-12(15)8-7-11-6-5-9-17-11/h5-9,16H,3-4,10H2,1-2H3,(H,14,15). The van der Waals surface area contributed by atoms with Crippen molar-refractivity contribution in [2.45, 2.75) is 32.3 Å². The average Bonchev–Trinajstić information content (AvgIpc) is 2.86. The van der Waals surface area contributed by atoms with Crippen LogP contribution in [0.25, 0.3) is 6.08 Å². The molecule has 1 aromatic rings. The fraction of sp³-hybridized carbons (Fsp3) is 0.462. The van der Waals surface area contributed by atoms with Crippen molar-refractivity contribution in [1.82, 2.24) is 5.32 Å². The van der Waals surface area contributed by atoms with Crippen LogP contribution in [0.2, 0.25) is 0 Å². The molecule has 1 aromatic heterocycles. The molecular formula is C13H19NO3. The summed E-state index contributed by atoms with van der Waals surface area (Å²) in [5.41, 5.74) is -0.811. The molecule has 1 amide bonds. The van der Waals surface area contributed by atoms with Gasteiger partial charge in [-0.05, 0) is 31.1 Å². The van der Waals surface area contributed by atoms with Gasteiger partial charge < -0.3 is 14.8 Å². The number of furan rings is 1. The van der Waals surface area contributed by atoms with Crippen LogP contribution in [-0.4, -0.2) is 23.2 Å². The molecule has 0 aliphatic rings.